The molecule has 1 fully saturated rings. The largest absolute Gasteiger partial charge is 0.482 e. The topological polar surface area (TPSA) is 88.2 Å². The zero-order valence-electron chi connectivity index (χ0n) is 14.1. The Morgan fingerprint density at radius 1 is 1.20 bits per heavy atom. The van der Waals surface area contributed by atoms with E-state index in [-0.39, 0.29) is 24.5 Å². The number of ether oxygens (including phenoxy) is 2. The van der Waals surface area contributed by atoms with Crippen molar-refractivity contribution in [2.24, 2.45) is 0 Å². The molecular weight excluding hydrogens is 326 g/mol. The Labute approximate surface area is 145 Å². The van der Waals surface area contributed by atoms with Gasteiger partial charge in [0.25, 0.3) is 11.8 Å². The quantitative estimate of drug-likeness (QED) is 0.872. The Hall–Kier alpha value is -2.77. The van der Waals surface area contributed by atoms with Crippen LogP contribution in [0, 0.1) is 0 Å². The fraction of sp³-hybridized carbons (Fsp3) is 0.471. The third-order valence-corrected chi connectivity index (χ3v) is 4.17. The molecule has 3 rings (SSSR count). The second-order valence-corrected chi connectivity index (χ2v) is 5.88. The molecule has 8 heteroatoms. The number of nitrogens with one attached hydrogen (secondary N) is 1. The van der Waals surface area contributed by atoms with Crippen molar-refractivity contribution in [2.75, 3.05) is 44.7 Å². The molecule has 8 nitrogen and oxygen atoms in total. The Kier molecular flexibility index (Phi) is 5.06. The number of hydrogen-bond donors (Lipinski definition) is 1. The van der Waals surface area contributed by atoms with Crippen LogP contribution in [-0.4, -0.2) is 67.1 Å². The van der Waals surface area contributed by atoms with E-state index in [9.17, 15) is 14.4 Å². The smallest absolute Gasteiger partial charge is 0.409 e. The summed E-state index contributed by atoms with van der Waals surface area (Å²) in [5.41, 5.74) is 0.985. The number of anilines is 1. The summed E-state index contributed by atoms with van der Waals surface area (Å²) >= 11 is 0. The molecule has 1 N–H and O–H groups in total. The molecular formula is C17H21N3O5. The molecule has 2 heterocycles. The average Bonchev–Trinajstić information content (AvgIpc) is 2.87. The molecule has 0 saturated carbocycles. The van der Waals surface area contributed by atoms with E-state index in [1.54, 1.807) is 34.9 Å². The van der Waals surface area contributed by atoms with Crippen LogP contribution in [-0.2, 0) is 9.53 Å². The lowest BCUT2D eigenvalue weighted by molar-refractivity contribution is -0.118. The van der Waals surface area contributed by atoms with Gasteiger partial charge in [0.05, 0.1) is 12.3 Å². The molecule has 2 aliphatic heterocycles. The van der Waals surface area contributed by atoms with Gasteiger partial charge in [0.15, 0.2) is 6.61 Å². The van der Waals surface area contributed by atoms with E-state index < -0.39 is 0 Å². The van der Waals surface area contributed by atoms with Gasteiger partial charge in [-0.2, -0.15) is 0 Å². The first-order chi connectivity index (χ1) is 12.1. The molecule has 3 amide bonds. The van der Waals surface area contributed by atoms with E-state index in [0.29, 0.717) is 56.2 Å². The third kappa shape index (κ3) is 3.84. The summed E-state index contributed by atoms with van der Waals surface area (Å²) in [7, 11) is 0. The molecule has 0 unspecified atom stereocenters. The minimum absolute atomic E-state index is 0.0177. The van der Waals surface area contributed by atoms with Gasteiger partial charge >= 0.3 is 6.09 Å². The SMILES string of the molecule is CCOC(=O)N1CCCN(C(=O)c2ccc3c(c2)NC(=O)CO3)CC1. The van der Waals surface area contributed by atoms with Crippen molar-refractivity contribution in [1.82, 2.24) is 9.80 Å². The Morgan fingerprint density at radius 2 is 1.96 bits per heavy atom. The van der Waals surface area contributed by atoms with Gasteiger partial charge in [-0.05, 0) is 31.5 Å². The van der Waals surface area contributed by atoms with Crippen LogP contribution in [0.2, 0.25) is 0 Å². The van der Waals surface area contributed by atoms with E-state index in [2.05, 4.69) is 5.32 Å². The first kappa shape index (κ1) is 17.1. The van der Waals surface area contributed by atoms with Crippen LogP contribution in [0.1, 0.15) is 23.7 Å². The lowest BCUT2D eigenvalue weighted by atomic mass is 10.1. The predicted octanol–water partition coefficient (Wildman–Crippen LogP) is 1.32. The molecule has 0 aromatic heterocycles. The molecule has 0 radical (unpaired) electrons. The van der Waals surface area contributed by atoms with Crippen LogP contribution < -0.4 is 10.1 Å². The molecule has 0 spiro atoms. The average molecular weight is 347 g/mol. The highest BCUT2D eigenvalue weighted by Crippen LogP contribution is 2.29. The predicted molar refractivity (Wildman–Crippen MR) is 89.7 cm³/mol. The summed E-state index contributed by atoms with van der Waals surface area (Å²) in [5, 5.41) is 2.70. The molecule has 1 aromatic carbocycles. The Morgan fingerprint density at radius 3 is 2.76 bits per heavy atom. The number of nitrogens with zero attached hydrogens (tertiary/aromatic N) is 2. The monoisotopic (exact) mass is 347 g/mol. The van der Waals surface area contributed by atoms with Crippen molar-refractivity contribution < 1.29 is 23.9 Å². The summed E-state index contributed by atoms with van der Waals surface area (Å²) in [6.07, 6.45) is 0.348. The summed E-state index contributed by atoms with van der Waals surface area (Å²) in [5.74, 6) is 0.186. The van der Waals surface area contributed by atoms with Crippen LogP contribution >= 0.6 is 0 Å². The van der Waals surface area contributed by atoms with E-state index in [1.165, 1.54) is 0 Å². The summed E-state index contributed by atoms with van der Waals surface area (Å²) in [6, 6.07) is 5.00. The van der Waals surface area contributed by atoms with Gasteiger partial charge in [-0.1, -0.05) is 0 Å². The van der Waals surface area contributed by atoms with Crippen molar-refractivity contribution in [3.05, 3.63) is 23.8 Å². The maximum absolute atomic E-state index is 12.8. The first-order valence-corrected chi connectivity index (χ1v) is 8.36. The van der Waals surface area contributed by atoms with Gasteiger partial charge in [0.2, 0.25) is 0 Å². The molecule has 0 atom stereocenters. The minimum Gasteiger partial charge on any atom is -0.482 e. The van der Waals surface area contributed by atoms with Gasteiger partial charge in [0.1, 0.15) is 5.75 Å². The standard InChI is InChI=1S/C17H21N3O5/c1-2-24-17(23)20-7-3-6-19(8-9-20)16(22)12-4-5-14-13(10-12)18-15(21)11-25-14/h4-5,10H,2-3,6-9,11H2,1H3,(H,18,21). The normalized spacial score (nSPS) is 17.1. The van der Waals surface area contributed by atoms with Crippen molar-refractivity contribution >= 4 is 23.6 Å². The van der Waals surface area contributed by atoms with E-state index >= 15 is 0 Å². The first-order valence-electron chi connectivity index (χ1n) is 8.36. The summed E-state index contributed by atoms with van der Waals surface area (Å²) in [4.78, 5) is 39.4. The number of carbonyl (C=O) groups is 3. The summed E-state index contributed by atoms with van der Waals surface area (Å²) < 4.78 is 10.3. The zero-order chi connectivity index (χ0) is 17.8. The van der Waals surface area contributed by atoms with E-state index in [4.69, 9.17) is 9.47 Å². The highest BCUT2D eigenvalue weighted by Gasteiger charge is 2.25. The molecule has 1 aromatic rings. The van der Waals surface area contributed by atoms with Gasteiger partial charge < -0.3 is 24.6 Å². The highest BCUT2D eigenvalue weighted by atomic mass is 16.6. The Bertz CT molecular complexity index is 691. The van der Waals surface area contributed by atoms with Gasteiger partial charge in [-0.3, -0.25) is 9.59 Å². The number of amides is 3. The molecule has 1 saturated heterocycles. The summed E-state index contributed by atoms with van der Waals surface area (Å²) in [6.45, 7) is 4.10. The fourth-order valence-electron chi connectivity index (χ4n) is 2.92. The van der Waals surface area contributed by atoms with Gasteiger partial charge in [0, 0.05) is 31.7 Å². The lowest BCUT2D eigenvalue weighted by Gasteiger charge is -2.23. The van der Waals surface area contributed by atoms with Crippen LogP contribution in [0.3, 0.4) is 0 Å². The van der Waals surface area contributed by atoms with Crippen molar-refractivity contribution in [2.45, 2.75) is 13.3 Å². The minimum atomic E-state index is -0.342. The van der Waals surface area contributed by atoms with Gasteiger partial charge in [-0.25, -0.2) is 4.79 Å². The van der Waals surface area contributed by atoms with Crippen molar-refractivity contribution in [3.63, 3.8) is 0 Å². The lowest BCUT2D eigenvalue weighted by Crippen LogP contribution is -2.37. The maximum Gasteiger partial charge on any atom is 0.409 e. The third-order valence-electron chi connectivity index (χ3n) is 4.17. The van der Waals surface area contributed by atoms with Crippen LogP contribution in [0.25, 0.3) is 0 Å². The number of hydrogen-bond acceptors (Lipinski definition) is 5. The fourth-order valence-corrected chi connectivity index (χ4v) is 2.92. The van der Waals surface area contributed by atoms with Crippen molar-refractivity contribution in [1.29, 1.82) is 0 Å². The highest BCUT2D eigenvalue weighted by molar-refractivity contribution is 5.99. The number of benzene rings is 1. The number of carbonyl (C=O) groups excluding carboxylic acids is 3. The van der Waals surface area contributed by atoms with E-state index in [0.717, 1.165) is 0 Å². The molecule has 134 valence electrons. The molecule has 2 aliphatic rings. The number of fused-ring (bicyclic) bond motifs is 1. The van der Waals surface area contributed by atoms with E-state index in [1.807, 2.05) is 0 Å². The van der Waals surface area contributed by atoms with Gasteiger partial charge in [-0.15, -0.1) is 0 Å². The molecule has 0 aliphatic carbocycles. The Balaban J connectivity index is 1.68. The van der Waals surface area contributed by atoms with Crippen molar-refractivity contribution in [3.8, 4) is 5.75 Å². The second kappa shape index (κ2) is 7.42. The van der Waals surface area contributed by atoms with Crippen LogP contribution in [0.15, 0.2) is 18.2 Å². The van der Waals surface area contributed by atoms with Crippen LogP contribution in [0.5, 0.6) is 5.75 Å². The number of rotatable bonds is 2. The maximum atomic E-state index is 12.8. The molecule has 0 bridgehead atoms. The second-order valence-electron chi connectivity index (χ2n) is 5.88. The van der Waals surface area contributed by atoms with Crippen LogP contribution in [0.4, 0.5) is 10.5 Å². The molecule has 25 heavy (non-hydrogen) atoms. The zero-order valence-corrected chi connectivity index (χ0v) is 14.1.